The number of benzene rings is 10. The fourth-order valence-electron chi connectivity index (χ4n) is 9.61. The second kappa shape index (κ2) is 15.8. The van der Waals surface area contributed by atoms with Crippen molar-refractivity contribution in [2.75, 3.05) is 4.90 Å². The van der Waals surface area contributed by atoms with Gasteiger partial charge in [-0.15, -0.1) is 0 Å². The van der Waals surface area contributed by atoms with Crippen LogP contribution in [0.15, 0.2) is 247 Å². The van der Waals surface area contributed by atoms with E-state index in [1.54, 1.807) is 0 Å². The highest BCUT2D eigenvalue weighted by Crippen LogP contribution is 2.43. The first-order valence-electron chi connectivity index (χ1n) is 21.7. The fraction of sp³-hybridized carbons (Fsp3) is 0. The highest BCUT2D eigenvalue weighted by molar-refractivity contribution is 9.10. The van der Waals surface area contributed by atoms with Crippen LogP contribution in [0.5, 0.6) is 0 Å². The van der Waals surface area contributed by atoms with Gasteiger partial charge in [0.25, 0.3) is 0 Å². The van der Waals surface area contributed by atoms with Crippen LogP contribution in [0, 0.1) is 0 Å². The zero-order valence-electron chi connectivity index (χ0n) is 34.8. The molecule has 0 aliphatic heterocycles. The Hall–Kier alpha value is -7.92. The number of rotatable bonds is 8. The molecule has 2 aromatic heterocycles. The molecule has 12 aromatic rings. The second-order valence-corrected chi connectivity index (χ2v) is 17.3. The molecule has 0 spiro atoms. The molecular weight excluding hydrogens is 843 g/mol. The van der Waals surface area contributed by atoms with Crippen LogP contribution in [0.3, 0.4) is 0 Å². The van der Waals surface area contributed by atoms with Gasteiger partial charge < -0.3 is 14.0 Å². The molecule has 0 saturated heterocycles. The molecule has 0 aliphatic carbocycles. The summed E-state index contributed by atoms with van der Waals surface area (Å²) in [6, 6.07) is 87.9. The lowest BCUT2D eigenvalue weighted by Gasteiger charge is -2.26. The predicted molar refractivity (Wildman–Crippen MR) is 274 cm³/mol. The summed E-state index contributed by atoms with van der Waals surface area (Å²) < 4.78 is 5.77. The van der Waals surface area contributed by atoms with Gasteiger partial charge in [-0.1, -0.05) is 137 Å². The van der Waals surface area contributed by atoms with Gasteiger partial charge in [0.2, 0.25) is 0 Å². The molecule has 4 heteroatoms. The summed E-state index contributed by atoms with van der Waals surface area (Å²) in [6.45, 7) is 0. The third-order valence-electron chi connectivity index (χ3n) is 12.5. The monoisotopic (exact) mass is 881 g/mol. The Morgan fingerprint density at radius 2 is 0.641 bits per heavy atom. The Labute approximate surface area is 380 Å². The summed E-state index contributed by atoms with van der Waals surface area (Å²) in [7, 11) is 0. The van der Waals surface area contributed by atoms with Crippen molar-refractivity contribution in [3.63, 3.8) is 0 Å². The maximum atomic E-state index is 3.96. The molecule has 0 unspecified atom stereocenters. The number of fused-ring (bicyclic) bond motifs is 6. The Morgan fingerprint density at radius 3 is 1.11 bits per heavy atom. The molecule has 0 atom stereocenters. The Balaban J connectivity index is 1.08. The number of para-hydroxylation sites is 6. The van der Waals surface area contributed by atoms with Crippen molar-refractivity contribution >= 4 is 76.6 Å². The Kier molecular flexibility index (Phi) is 9.31. The van der Waals surface area contributed by atoms with E-state index in [4.69, 9.17) is 0 Å². The number of nitrogens with zero attached hydrogens (tertiary/aromatic N) is 3. The van der Waals surface area contributed by atoms with Gasteiger partial charge >= 0.3 is 0 Å². The molecule has 2 heterocycles. The number of hydrogen-bond donors (Lipinski definition) is 0. The summed E-state index contributed by atoms with van der Waals surface area (Å²) in [5, 5.41) is 4.92. The summed E-state index contributed by atoms with van der Waals surface area (Å²) in [4.78, 5) is 2.33. The van der Waals surface area contributed by atoms with Crippen LogP contribution in [0.1, 0.15) is 0 Å². The van der Waals surface area contributed by atoms with Crippen LogP contribution in [0.2, 0.25) is 0 Å². The van der Waals surface area contributed by atoms with Crippen molar-refractivity contribution in [3.05, 3.63) is 247 Å². The van der Waals surface area contributed by atoms with Crippen molar-refractivity contribution in [1.82, 2.24) is 9.13 Å². The normalized spacial score (nSPS) is 11.5. The maximum absolute atomic E-state index is 3.96. The fourth-order valence-corrected chi connectivity index (χ4v) is 10.1. The average molecular weight is 883 g/mol. The number of hydrogen-bond acceptors (Lipinski definition) is 1. The Morgan fingerprint density at radius 1 is 0.266 bits per heavy atom. The molecule has 0 fully saturated rings. The lowest BCUT2D eigenvalue weighted by atomic mass is 9.92. The number of halogens is 1. The second-order valence-electron chi connectivity index (χ2n) is 16.3. The highest BCUT2D eigenvalue weighted by atomic mass is 79.9. The van der Waals surface area contributed by atoms with E-state index in [1.807, 2.05) is 0 Å². The van der Waals surface area contributed by atoms with Crippen molar-refractivity contribution in [2.45, 2.75) is 0 Å². The van der Waals surface area contributed by atoms with Gasteiger partial charge in [-0.3, -0.25) is 0 Å². The molecule has 0 saturated carbocycles. The van der Waals surface area contributed by atoms with Crippen LogP contribution in [0.4, 0.5) is 17.1 Å². The van der Waals surface area contributed by atoms with Gasteiger partial charge in [-0.25, -0.2) is 0 Å². The van der Waals surface area contributed by atoms with Crippen LogP contribution in [0.25, 0.3) is 88.4 Å². The van der Waals surface area contributed by atoms with Gasteiger partial charge in [0.1, 0.15) is 0 Å². The minimum absolute atomic E-state index is 1.01. The topological polar surface area (TPSA) is 13.1 Å². The lowest BCUT2D eigenvalue weighted by molar-refractivity contribution is 1.18. The van der Waals surface area contributed by atoms with E-state index >= 15 is 0 Å². The molecule has 12 rings (SSSR count). The van der Waals surface area contributed by atoms with E-state index in [2.05, 4.69) is 273 Å². The van der Waals surface area contributed by atoms with Gasteiger partial charge in [0.15, 0.2) is 0 Å². The predicted octanol–water partition coefficient (Wildman–Crippen LogP) is 17.1. The Bertz CT molecular complexity index is 3450. The van der Waals surface area contributed by atoms with E-state index in [1.165, 1.54) is 54.7 Å². The lowest BCUT2D eigenvalue weighted by Crippen LogP contribution is -2.09. The maximum Gasteiger partial charge on any atom is 0.0541 e. The highest BCUT2D eigenvalue weighted by Gasteiger charge is 2.19. The van der Waals surface area contributed by atoms with Crippen LogP contribution >= 0.6 is 15.9 Å². The first-order chi connectivity index (χ1) is 31.6. The van der Waals surface area contributed by atoms with Crippen LogP contribution < -0.4 is 4.90 Å². The standard InChI is InChI=1S/C60H40BrN3/c61-47-36-46(37-52(40-47)62(48-17-5-1-6-18-48)49-19-7-2-8-20-49)45-34-43(41-29-31-59-55(38-41)53-25-13-15-27-57(53)63(59)50-21-9-3-10-22-50)33-44(35-45)42-30-32-60-56(39-42)54-26-14-16-28-58(54)64(60)51-23-11-4-12-24-51/h1-40H. The van der Waals surface area contributed by atoms with E-state index in [-0.39, 0.29) is 0 Å². The first-order valence-corrected chi connectivity index (χ1v) is 22.5. The largest absolute Gasteiger partial charge is 0.310 e. The van der Waals surface area contributed by atoms with E-state index < -0.39 is 0 Å². The smallest absolute Gasteiger partial charge is 0.0541 e. The summed E-state index contributed by atoms with van der Waals surface area (Å²) in [5.41, 5.74) is 17.2. The van der Waals surface area contributed by atoms with Gasteiger partial charge in [-0.2, -0.15) is 0 Å². The quantitative estimate of drug-likeness (QED) is 0.148. The zero-order valence-corrected chi connectivity index (χ0v) is 36.4. The molecule has 3 nitrogen and oxygen atoms in total. The van der Waals surface area contributed by atoms with Gasteiger partial charge in [0.05, 0.1) is 22.1 Å². The molecule has 302 valence electrons. The molecule has 0 bridgehead atoms. The summed E-state index contributed by atoms with van der Waals surface area (Å²) in [5.74, 6) is 0. The minimum Gasteiger partial charge on any atom is -0.310 e. The van der Waals surface area contributed by atoms with Crippen molar-refractivity contribution < 1.29 is 0 Å². The van der Waals surface area contributed by atoms with E-state index in [0.717, 1.165) is 55.2 Å². The SMILES string of the molecule is Brc1cc(-c2cc(-c3ccc4c(c3)c3ccccc3n4-c3ccccc3)cc(-c3ccc4c(c3)c3ccccc3n4-c3ccccc3)c2)cc(N(c2ccccc2)c2ccccc2)c1. The van der Waals surface area contributed by atoms with Gasteiger partial charge in [0, 0.05) is 54.5 Å². The molecule has 0 amide bonds. The minimum atomic E-state index is 1.01. The summed E-state index contributed by atoms with van der Waals surface area (Å²) in [6.07, 6.45) is 0. The zero-order chi connectivity index (χ0) is 42.6. The number of aromatic nitrogens is 2. The van der Waals surface area contributed by atoms with Crippen LogP contribution in [-0.4, -0.2) is 9.13 Å². The van der Waals surface area contributed by atoms with Crippen LogP contribution in [-0.2, 0) is 0 Å². The molecule has 64 heavy (non-hydrogen) atoms. The molecule has 0 radical (unpaired) electrons. The molecular formula is C60H40BrN3. The molecule has 0 N–H and O–H groups in total. The number of anilines is 3. The average Bonchev–Trinajstić information content (AvgIpc) is 3.87. The first kappa shape index (κ1) is 37.8. The molecule has 10 aromatic carbocycles. The van der Waals surface area contributed by atoms with E-state index in [0.29, 0.717) is 0 Å². The van der Waals surface area contributed by atoms with Gasteiger partial charge in [-0.05, 0) is 155 Å². The summed E-state index contributed by atoms with van der Waals surface area (Å²) >= 11 is 3.96. The third-order valence-corrected chi connectivity index (χ3v) is 12.9. The van der Waals surface area contributed by atoms with E-state index in [9.17, 15) is 0 Å². The van der Waals surface area contributed by atoms with Crippen molar-refractivity contribution in [1.29, 1.82) is 0 Å². The third kappa shape index (κ3) is 6.59. The van der Waals surface area contributed by atoms with Crippen molar-refractivity contribution in [3.8, 4) is 44.8 Å². The van der Waals surface area contributed by atoms with Crippen molar-refractivity contribution in [2.24, 2.45) is 0 Å². The molecule has 0 aliphatic rings.